The molecule has 1 aliphatic rings. The lowest BCUT2D eigenvalue weighted by Crippen LogP contribution is -2.61. The summed E-state index contributed by atoms with van der Waals surface area (Å²) in [6.07, 6.45) is -6.81. The quantitative estimate of drug-likeness (QED) is 0.121. The fourth-order valence-corrected chi connectivity index (χ4v) is 4.43. The molecule has 15 heteroatoms. The molecule has 1 saturated heterocycles. The summed E-state index contributed by atoms with van der Waals surface area (Å²) in [7, 11) is -5.35. The molecule has 5 N–H and O–H groups in total. The number of pyridine rings is 1. The van der Waals surface area contributed by atoms with Crippen LogP contribution in [0, 0.1) is 0 Å². The number of carbonyl (C=O) groups is 3. The molecule has 41 heavy (non-hydrogen) atoms. The number of aliphatic hydroxyl groups excluding tert-OH is 1. The molecule has 216 valence electrons. The average Bonchev–Trinajstić information content (AvgIpc) is 2.95. The number of esters is 3. The van der Waals surface area contributed by atoms with Gasteiger partial charge in [-0.15, -0.1) is 0 Å². The number of nitrogen functional groups attached to an aromatic ring is 1. The van der Waals surface area contributed by atoms with Gasteiger partial charge >= 0.3 is 25.7 Å². The van der Waals surface area contributed by atoms with Gasteiger partial charge in [-0.25, -0.2) is 18.9 Å². The largest absolute Gasteiger partial charge is 0.470 e. The number of benzene rings is 2. The van der Waals surface area contributed by atoms with E-state index >= 15 is 0 Å². The predicted molar refractivity (Wildman–Crippen MR) is 138 cm³/mol. The Kier molecular flexibility index (Phi) is 9.45. The third-order valence-electron chi connectivity index (χ3n) is 5.81. The van der Waals surface area contributed by atoms with Crippen LogP contribution in [-0.2, 0) is 28.0 Å². The van der Waals surface area contributed by atoms with Crippen LogP contribution in [0.15, 0.2) is 79.1 Å². The summed E-state index contributed by atoms with van der Waals surface area (Å²) in [5, 5.41) is 11.0. The van der Waals surface area contributed by atoms with Gasteiger partial charge in [0.1, 0.15) is 24.9 Å². The Morgan fingerprint density at radius 2 is 1.56 bits per heavy atom. The number of anilines is 1. The first-order chi connectivity index (χ1) is 19.5. The van der Waals surface area contributed by atoms with E-state index in [-0.39, 0.29) is 22.4 Å². The minimum atomic E-state index is -5.35. The molecular weight excluding hydrogens is 563 g/mol. The number of aromatic nitrogens is 1. The Hall–Kier alpha value is -4.17. The van der Waals surface area contributed by atoms with Crippen LogP contribution in [0.1, 0.15) is 31.1 Å². The molecule has 0 unspecified atom stereocenters. The van der Waals surface area contributed by atoms with Gasteiger partial charge in [-0.2, -0.15) is 0 Å². The van der Waals surface area contributed by atoms with Gasteiger partial charge in [-0.3, -0.25) is 9.51 Å². The van der Waals surface area contributed by atoms with Crippen LogP contribution in [0.25, 0.3) is 0 Å². The first-order valence-corrected chi connectivity index (χ1v) is 13.5. The van der Waals surface area contributed by atoms with Crippen molar-refractivity contribution in [3.8, 4) is 0 Å². The number of phosphoric acid groups is 1. The first-order valence-electron chi connectivity index (χ1n) is 12.0. The van der Waals surface area contributed by atoms with Crippen LogP contribution < -0.4 is 5.73 Å². The van der Waals surface area contributed by atoms with Crippen molar-refractivity contribution < 1.29 is 57.3 Å². The van der Waals surface area contributed by atoms with E-state index in [0.29, 0.717) is 0 Å². The maximum Gasteiger partial charge on any atom is 0.470 e. The van der Waals surface area contributed by atoms with Crippen LogP contribution in [0.2, 0.25) is 0 Å². The maximum atomic E-state index is 13.0. The van der Waals surface area contributed by atoms with Crippen molar-refractivity contribution in [2.45, 2.75) is 30.7 Å². The van der Waals surface area contributed by atoms with Gasteiger partial charge in [0.05, 0.1) is 16.7 Å². The number of ether oxygens (including phenoxy) is 4. The van der Waals surface area contributed by atoms with Crippen LogP contribution >= 0.6 is 7.82 Å². The van der Waals surface area contributed by atoms with E-state index in [0.717, 1.165) is 6.20 Å². The number of carbonyl (C=O) groups excluding carboxylic acids is 3. The Labute approximate surface area is 232 Å². The molecule has 0 bridgehead atoms. The van der Waals surface area contributed by atoms with Gasteiger partial charge in [0.2, 0.25) is 6.29 Å². The van der Waals surface area contributed by atoms with E-state index < -0.39 is 63.0 Å². The van der Waals surface area contributed by atoms with Crippen LogP contribution in [0.5, 0.6) is 0 Å². The lowest BCUT2D eigenvalue weighted by molar-refractivity contribution is -0.281. The summed E-state index contributed by atoms with van der Waals surface area (Å²) in [4.78, 5) is 61.3. The third kappa shape index (κ3) is 7.73. The van der Waals surface area contributed by atoms with Crippen molar-refractivity contribution in [2.75, 3.05) is 12.3 Å². The summed E-state index contributed by atoms with van der Waals surface area (Å²) < 4.78 is 38.3. The fourth-order valence-electron chi connectivity index (χ4n) is 3.87. The SMILES string of the molecule is Nc1ccccc1C(=O)O[C@@H]1O[C@H](COC(=O)c2ccccc2)[C@@H](O)[C@H](OP(=O)(O)O)[C@H]1OC(=O)c1cccnc1. The highest BCUT2D eigenvalue weighted by Crippen LogP contribution is 2.42. The fraction of sp³-hybridized carbons (Fsp3) is 0.231. The molecule has 1 aromatic heterocycles. The number of hydrogen-bond acceptors (Lipinski definition) is 12. The van der Waals surface area contributed by atoms with Gasteiger partial charge < -0.3 is 39.6 Å². The van der Waals surface area contributed by atoms with Gasteiger partial charge in [0, 0.05) is 18.1 Å². The minimum absolute atomic E-state index is 0.0357. The van der Waals surface area contributed by atoms with E-state index in [1.807, 2.05) is 0 Å². The zero-order valence-corrected chi connectivity index (χ0v) is 22.0. The van der Waals surface area contributed by atoms with E-state index in [9.17, 15) is 33.8 Å². The van der Waals surface area contributed by atoms with E-state index in [1.165, 1.54) is 48.7 Å². The van der Waals surface area contributed by atoms with Gasteiger partial charge in [-0.05, 0) is 36.4 Å². The number of phosphoric ester groups is 1. The summed E-state index contributed by atoms with van der Waals surface area (Å²) in [5.41, 5.74) is 5.89. The minimum Gasteiger partial charge on any atom is -0.459 e. The monoisotopic (exact) mass is 588 g/mol. The Morgan fingerprint density at radius 1 is 0.878 bits per heavy atom. The second-order valence-corrected chi connectivity index (χ2v) is 9.85. The van der Waals surface area contributed by atoms with Crippen molar-refractivity contribution >= 4 is 31.4 Å². The summed E-state index contributed by atoms with van der Waals surface area (Å²) in [6.45, 7) is -0.666. The molecule has 0 radical (unpaired) electrons. The molecule has 14 nitrogen and oxygen atoms in total. The first kappa shape index (κ1) is 29.8. The second-order valence-electron chi connectivity index (χ2n) is 8.66. The molecule has 0 amide bonds. The second kappa shape index (κ2) is 13.0. The zero-order chi connectivity index (χ0) is 29.6. The molecule has 0 saturated carbocycles. The number of para-hydroxylation sites is 1. The van der Waals surface area contributed by atoms with Crippen molar-refractivity contribution in [1.82, 2.24) is 4.98 Å². The molecule has 5 atom stereocenters. The number of hydrogen-bond donors (Lipinski definition) is 4. The predicted octanol–water partition coefficient (Wildman–Crippen LogP) is 1.47. The normalized spacial score (nSPS) is 22.4. The van der Waals surface area contributed by atoms with Crippen LogP contribution in [-0.4, -0.2) is 75.1 Å². The molecule has 0 aliphatic carbocycles. The summed E-state index contributed by atoms with van der Waals surface area (Å²) >= 11 is 0. The maximum absolute atomic E-state index is 13.0. The van der Waals surface area contributed by atoms with Gasteiger partial charge in [0.15, 0.2) is 6.10 Å². The highest BCUT2D eigenvalue weighted by molar-refractivity contribution is 7.46. The van der Waals surface area contributed by atoms with Crippen molar-refractivity contribution in [1.29, 1.82) is 0 Å². The average molecular weight is 588 g/mol. The van der Waals surface area contributed by atoms with Crippen molar-refractivity contribution in [3.63, 3.8) is 0 Å². The van der Waals surface area contributed by atoms with E-state index in [4.69, 9.17) is 29.2 Å². The van der Waals surface area contributed by atoms with E-state index in [2.05, 4.69) is 4.98 Å². The molecular formula is C26H25N2O12P. The van der Waals surface area contributed by atoms with Gasteiger partial charge in [-0.1, -0.05) is 30.3 Å². The van der Waals surface area contributed by atoms with Crippen molar-refractivity contribution in [2.24, 2.45) is 0 Å². The lowest BCUT2D eigenvalue weighted by Gasteiger charge is -2.42. The molecule has 2 heterocycles. The third-order valence-corrected chi connectivity index (χ3v) is 6.33. The van der Waals surface area contributed by atoms with Crippen LogP contribution in [0.4, 0.5) is 5.69 Å². The highest BCUT2D eigenvalue weighted by Gasteiger charge is 2.53. The molecule has 2 aromatic carbocycles. The van der Waals surface area contributed by atoms with Crippen LogP contribution in [0.3, 0.4) is 0 Å². The lowest BCUT2D eigenvalue weighted by atomic mass is 9.99. The zero-order valence-electron chi connectivity index (χ0n) is 21.1. The topological polar surface area (TPSA) is 214 Å². The Bertz CT molecular complexity index is 1420. The smallest absolute Gasteiger partial charge is 0.459 e. The number of rotatable bonds is 9. The molecule has 0 spiro atoms. The highest BCUT2D eigenvalue weighted by atomic mass is 31.2. The van der Waals surface area contributed by atoms with Crippen molar-refractivity contribution in [3.05, 3.63) is 95.8 Å². The molecule has 4 rings (SSSR count). The Morgan fingerprint density at radius 3 is 2.22 bits per heavy atom. The molecule has 1 fully saturated rings. The standard InChI is InChI=1S/C26H25N2O12P/c27-18-11-5-4-10-17(18)25(32)39-26-22(38-24(31)16-9-6-12-28-13-16)21(40-41(33,34)35)20(29)19(37-26)14-36-23(30)15-7-2-1-3-8-15/h1-13,19-22,26,29H,14,27H2,(H2,33,34,35)/t19-,20-,21+,22-,26+/m1/s1. The Balaban J connectivity index is 1.64. The molecule has 1 aliphatic heterocycles. The van der Waals surface area contributed by atoms with E-state index in [1.54, 1.807) is 24.3 Å². The number of aliphatic hydroxyl groups is 1. The number of nitrogens with two attached hydrogens (primary N) is 1. The van der Waals surface area contributed by atoms with Gasteiger partial charge in [0.25, 0.3) is 0 Å². The summed E-state index contributed by atoms with van der Waals surface area (Å²) in [6, 6.07) is 16.4. The summed E-state index contributed by atoms with van der Waals surface area (Å²) in [5.74, 6) is -2.92. The molecule has 3 aromatic rings. The number of nitrogens with zero attached hydrogens (tertiary/aromatic N) is 1.